The maximum absolute atomic E-state index is 5.98. The second-order valence-electron chi connectivity index (χ2n) is 6.99. The van der Waals surface area contributed by atoms with Crippen LogP contribution in [0, 0.1) is 6.92 Å². The third-order valence-electron chi connectivity index (χ3n) is 4.81. The zero-order valence-electron chi connectivity index (χ0n) is 16.7. The zero-order valence-corrected chi connectivity index (χ0v) is 17.5. The third-order valence-corrected chi connectivity index (χ3v) is 5.60. The van der Waals surface area contributed by atoms with E-state index in [-0.39, 0.29) is 0 Å². The van der Waals surface area contributed by atoms with Gasteiger partial charge in [-0.3, -0.25) is 14.5 Å². The Hall–Kier alpha value is -4.04. The van der Waals surface area contributed by atoms with E-state index in [4.69, 9.17) is 10.7 Å². The van der Waals surface area contributed by atoms with E-state index in [0.29, 0.717) is 11.5 Å². The number of nitrogens with zero attached hydrogens (tertiary/aromatic N) is 5. The Labute approximate surface area is 183 Å². The summed E-state index contributed by atoms with van der Waals surface area (Å²) in [7, 11) is 0. The van der Waals surface area contributed by atoms with Crippen LogP contribution >= 0.6 is 11.3 Å². The van der Waals surface area contributed by atoms with Gasteiger partial charge in [-0.1, -0.05) is 0 Å². The summed E-state index contributed by atoms with van der Waals surface area (Å²) >= 11 is 1.56. The van der Waals surface area contributed by atoms with Gasteiger partial charge >= 0.3 is 0 Å². The van der Waals surface area contributed by atoms with E-state index in [0.717, 1.165) is 39.0 Å². The van der Waals surface area contributed by atoms with Crippen molar-refractivity contribution < 1.29 is 0 Å². The molecular weight excluding hydrogens is 406 g/mol. The molecule has 1 aromatic carbocycles. The fraction of sp³-hybridized carbons (Fsp3) is 0.0435. The number of benzene rings is 1. The van der Waals surface area contributed by atoms with Crippen LogP contribution < -0.4 is 11.1 Å². The number of hydrogen-bond acceptors (Lipinski definition) is 7. The van der Waals surface area contributed by atoms with E-state index in [1.165, 1.54) is 0 Å². The predicted molar refractivity (Wildman–Crippen MR) is 125 cm³/mol. The van der Waals surface area contributed by atoms with Crippen LogP contribution in [0.2, 0.25) is 0 Å². The highest BCUT2D eigenvalue weighted by atomic mass is 32.1. The van der Waals surface area contributed by atoms with Gasteiger partial charge in [-0.15, -0.1) is 11.3 Å². The maximum atomic E-state index is 5.98. The number of rotatable bonds is 5. The summed E-state index contributed by atoms with van der Waals surface area (Å²) in [6, 6.07) is 15.7. The van der Waals surface area contributed by atoms with Crippen molar-refractivity contribution in [3.63, 3.8) is 0 Å². The fourth-order valence-corrected chi connectivity index (χ4v) is 3.78. The Bertz CT molecular complexity index is 1310. The molecule has 0 unspecified atom stereocenters. The summed E-state index contributed by atoms with van der Waals surface area (Å²) in [5.41, 5.74) is 13.1. The monoisotopic (exact) mass is 425 g/mol. The molecule has 0 bridgehead atoms. The molecule has 0 aliphatic carbocycles. The number of thiazole rings is 1. The molecule has 31 heavy (non-hydrogen) atoms. The molecule has 3 N–H and O–H groups in total. The predicted octanol–water partition coefficient (Wildman–Crippen LogP) is 5.09. The Kier molecular flexibility index (Phi) is 4.89. The first-order valence-corrected chi connectivity index (χ1v) is 10.5. The van der Waals surface area contributed by atoms with Crippen LogP contribution in [0.3, 0.4) is 0 Å². The van der Waals surface area contributed by atoms with Crippen molar-refractivity contribution in [2.75, 3.05) is 11.1 Å². The lowest BCUT2D eigenvalue weighted by atomic mass is 10.2. The van der Waals surface area contributed by atoms with Crippen LogP contribution in [0.15, 0.2) is 78.8 Å². The number of imidazole rings is 1. The molecule has 0 atom stereocenters. The smallest absolute Gasteiger partial charge is 0.153 e. The summed E-state index contributed by atoms with van der Waals surface area (Å²) in [6.45, 7) is 1.97. The average Bonchev–Trinajstić information content (AvgIpc) is 3.47. The first-order chi connectivity index (χ1) is 15.2. The van der Waals surface area contributed by atoms with Crippen molar-refractivity contribution in [3.05, 3.63) is 84.5 Å². The minimum absolute atomic E-state index is 0.600. The molecule has 4 heterocycles. The molecule has 0 amide bonds. The number of nitrogens with one attached hydrogen (secondary N) is 1. The number of nitrogens with two attached hydrogens (primary N) is 1. The minimum Gasteiger partial charge on any atom is -0.396 e. The highest BCUT2D eigenvalue weighted by molar-refractivity contribution is 7.13. The Balaban J connectivity index is 1.53. The Morgan fingerprint density at radius 3 is 2.58 bits per heavy atom. The molecule has 152 valence electrons. The summed E-state index contributed by atoms with van der Waals surface area (Å²) in [5, 5.41) is 3.25. The molecular formula is C23H19N7S. The van der Waals surface area contributed by atoms with Gasteiger partial charge in [0.05, 0.1) is 28.0 Å². The third kappa shape index (κ3) is 3.88. The van der Waals surface area contributed by atoms with E-state index in [1.807, 2.05) is 79.6 Å². The van der Waals surface area contributed by atoms with E-state index in [2.05, 4.69) is 24.8 Å². The number of aryl methyl sites for hydroxylation is 1. The topological polar surface area (TPSA) is 94.5 Å². The first kappa shape index (κ1) is 19.0. The second-order valence-corrected chi connectivity index (χ2v) is 7.87. The van der Waals surface area contributed by atoms with Gasteiger partial charge in [-0.05, 0) is 55.5 Å². The molecule has 8 heteroatoms. The summed E-state index contributed by atoms with van der Waals surface area (Å²) < 4.78 is 2.06. The number of aromatic nitrogens is 5. The van der Waals surface area contributed by atoms with Crippen LogP contribution in [-0.2, 0) is 0 Å². The lowest BCUT2D eigenvalue weighted by molar-refractivity contribution is 1.04. The largest absolute Gasteiger partial charge is 0.396 e. The normalized spacial score (nSPS) is 10.9. The quantitative estimate of drug-likeness (QED) is 0.407. The van der Waals surface area contributed by atoms with Crippen molar-refractivity contribution >= 4 is 28.5 Å². The first-order valence-electron chi connectivity index (χ1n) is 9.66. The lowest BCUT2D eigenvalue weighted by Crippen LogP contribution is -1.99. The molecule has 7 nitrogen and oxygen atoms in total. The van der Waals surface area contributed by atoms with Crippen molar-refractivity contribution in [1.29, 1.82) is 0 Å². The van der Waals surface area contributed by atoms with E-state index in [9.17, 15) is 0 Å². The molecule has 0 aliphatic rings. The number of pyridine rings is 2. The molecule has 4 aromatic heterocycles. The molecule has 0 saturated heterocycles. The van der Waals surface area contributed by atoms with Crippen molar-refractivity contribution in [2.45, 2.75) is 6.92 Å². The van der Waals surface area contributed by atoms with Gasteiger partial charge < -0.3 is 11.1 Å². The summed E-state index contributed by atoms with van der Waals surface area (Å²) in [4.78, 5) is 18.8. The lowest BCUT2D eigenvalue weighted by Gasteiger charge is -2.10. The standard InChI is InChI=1S/C23H19N7S/c1-15-4-9-18(11-27-15)30-13-20(21-12-25-14-31-21)29-23(30)16-5-7-17(8-6-16)28-22-19(24)3-2-10-26-22/h2-14H,24H2,1H3,(H,26,28). The number of nitrogen functional groups attached to an aromatic ring is 1. The fourth-order valence-electron chi connectivity index (χ4n) is 3.21. The summed E-state index contributed by atoms with van der Waals surface area (Å²) in [6.07, 6.45) is 7.42. The van der Waals surface area contributed by atoms with E-state index in [1.54, 1.807) is 17.5 Å². The van der Waals surface area contributed by atoms with Gasteiger partial charge in [0.15, 0.2) is 5.82 Å². The molecule has 0 fully saturated rings. The molecule has 0 spiro atoms. The van der Waals surface area contributed by atoms with Gasteiger partial charge in [0.2, 0.25) is 0 Å². The van der Waals surface area contributed by atoms with Gasteiger partial charge in [0.25, 0.3) is 0 Å². The maximum Gasteiger partial charge on any atom is 0.153 e. The molecule has 5 rings (SSSR count). The van der Waals surface area contributed by atoms with Crippen molar-refractivity contribution in [1.82, 2.24) is 24.5 Å². The van der Waals surface area contributed by atoms with E-state index >= 15 is 0 Å². The number of hydrogen-bond donors (Lipinski definition) is 2. The minimum atomic E-state index is 0.600. The van der Waals surface area contributed by atoms with Gasteiger partial charge in [-0.25, -0.2) is 9.97 Å². The molecule has 0 aliphatic heterocycles. The SMILES string of the molecule is Cc1ccc(-n2cc(-c3cncs3)nc2-c2ccc(Nc3ncccc3N)cc2)cn1. The zero-order chi connectivity index (χ0) is 21.2. The number of anilines is 3. The highest BCUT2D eigenvalue weighted by Crippen LogP contribution is 2.30. The average molecular weight is 426 g/mol. The van der Waals surface area contributed by atoms with Gasteiger partial charge in [0.1, 0.15) is 11.5 Å². The van der Waals surface area contributed by atoms with Crippen molar-refractivity contribution in [2.24, 2.45) is 0 Å². The van der Waals surface area contributed by atoms with Gasteiger partial charge in [0, 0.05) is 35.5 Å². The van der Waals surface area contributed by atoms with E-state index < -0.39 is 0 Å². The van der Waals surface area contributed by atoms with Crippen LogP contribution in [0.25, 0.3) is 27.6 Å². The second kappa shape index (κ2) is 8.00. The Morgan fingerprint density at radius 2 is 1.87 bits per heavy atom. The highest BCUT2D eigenvalue weighted by Gasteiger charge is 2.14. The molecule has 0 radical (unpaired) electrons. The summed E-state index contributed by atoms with van der Waals surface area (Å²) in [5.74, 6) is 1.47. The molecule has 0 saturated carbocycles. The van der Waals surface area contributed by atoms with Crippen LogP contribution in [0.1, 0.15) is 5.69 Å². The van der Waals surface area contributed by atoms with Crippen LogP contribution in [0.4, 0.5) is 17.2 Å². The van der Waals surface area contributed by atoms with Crippen LogP contribution in [0.5, 0.6) is 0 Å². The Morgan fingerprint density at radius 1 is 1.00 bits per heavy atom. The molecule has 5 aromatic rings. The van der Waals surface area contributed by atoms with Crippen LogP contribution in [-0.4, -0.2) is 24.5 Å². The van der Waals surface area contributed by atoms with Crippen molar-refractivity contribution in [3.8, 4) is 27.6 Å². The van der Waals surface area contributed by atoms with Gasteiger partial charge in [-0.2, -0.15) is 0 Å².